The van der Waals surface area contributed by atoms with Crippen molar-refractivity contribution in [2.75, 3.05) is 53.5 Å². The monoisotopic (exact) mass is 744 g/mol. The first-order valence-electron chi connectivity index (χ1n) is 19.4. The summed E-state index contributed by atoms with van der Waals surface area (Å²) in [6.07, 6.45) is 7.10. The highest BCUT2D eigenvalue weighted by molar-refractivity contribution is 5.83. The van der Waals surface area contributed by atoms with Crippen LogP contribution in [-0.2, 0) is 19.6 Å². The molecular weight excluding hydrogens is 693 g/mol. The minimum absolute atomic E-state index is 0.0670. The Morgan fingerprint density at radius 3 is 1.73 bits per heavy atom. The van der Waals surface area contributed by atoms with Crippen molar-refractivity contribution in [2.45, 2.75) is 57.4 Å². The second kappa shape index (κ2) is 18.0. The highest BCUT2D eigenvalue weighted by Crippen LogP contribution is 2.21. The van der Waals surface area contributed by atoms with Crippen molar-refractivity contribution in [3.63, 3.8) is 0 Å². The van der Waals surface area contributed by atoms with E-state index in [1.165, 1.54) is 28.7 Å². The molecule has 2 aliphatic heterocycles. The summed E-state index contributed by atoms with van der Waals surface area (Å²) in [7, 11) is 3.26. The van der Waals surface area contributed by atoms with E-state index in [1.54, 1.807) is 18.8 Å². The lowest BCUT2D eigenvalue weighted by atomic mass is 10.0. The SMILES string of the molecule is COc1ccc2ncc(=O)n(CCN3CCC(N)CC3)c2c1.COc1ccc2ncc(=O)n(CCN3CCC(NCc4ccc5ccccc5c4)CC3)c2c1. The van der Waals surface area contributed by atoms with E-state index < -0.39 is 0 Å². The van der Waals surface area contributed by atoms with Gasteiger partial charge in [0.05, 0.1) is 48.7 Å². The van der Waals surface area contributed by atoms with Gasteiger partial charge in [0.1, 0.15) is 11.5 Å². The van der Waals surface area contributed by atoms with E-state index in [4.69, 9.17) is 15.2 Å². The predicted octanol–water partition coefficient (Wildman–Crippen LogP) is 4.64. The molecule has 6 aromatic rings. The van der Waals surface area contributed by atoms with Gasteiger partial charge in [-0.1, -0.05) is 36.4 Å². The molecule has 0 unspecified atom stereocenters. The molecule has 0 amide bonds. The number of likely N-dealkylation sites (tertiary alicyclic amines) is 2. The number of methoxy groups -OCH3 is 2. The van der Waals surface area contributed by atoms with Crippen LogP contribution in [-0.4, -0.2) is 94.5 Å². The Hall–Kier alpha value is -5.14. The van der Waals surface area contributed by atoms with Crippen LogP contribution in [0.4, 0.5) is 0 Å². The Balaban J connectivity index is 0.000000184. The van der Waals surface area contributed by atoms with Crippen molar-refractivity contribution in [1.82, 2.24) is 34.2 Å². The van der Waals surface area contributed by atoms with Crippen molar-refractivity contribution in [1.29, 1.82) is 0 Å². The molecule has 3 N–H and O–H groups in total. The molecular formula is C43H52N8O4. The van der Waals surface area contributed by atoms with Gasteiger partial charge in [0.15, 0.2) is 0 Å². The van der Waals surface area contributed by atoms with Crippen LogP contribution in [0.3, 0.4) is 0 Å². The highest BCUT2D eigenvalue weighted by Gasteiger charge is 2.20. The molecule has 12 nitrogen and oxygen atoms in total. The lowest BCUT2D eigenvalue weighted by Gasteiger charge is -2.32. The predicted molar refractivity (Wildman–Crippen MR) is 219 cm³/mol. The number of nitrogens with one attached hydrogen (secondary N) is 1. The van der Waals surface area contributed by atoms with Crippen molar-refractivity contribution < 1.29 is 9.47 Å². The maximum absolute atomic E-state index is 12.5. The number of nitrogens with two attached hydrogens (primary N) is 1. The van der Waals surface area contributed by atoms with E-state index in [-0.39, 0.29) is 11.1 Å². The van der Waals surface area contributed by atoms with Crippen LogP contribution < -0.4 is 31.6 Å². The molecule has 0 aliphatic carbocycles. The van der Waals surface area contributed by atoms with Crippen molar-refractivity contribution >= 4 is 32.8 Å². The highest BCUT2D eigenvalue weighted by atomic mass is 16.5. The molecule has 288 valence electrons. The number of nitrogens with zero attached hydrogens (tertiary/aromatic N) is 6. The van der Waals surface area contributed by atoms with Crippen LogP contribution in [0.15, 0.2) is 101 Å². The fraction of sp³-hybridized carbons (Fsp3) is 0.395. The molecule has 0 saturated carbocycles. The van der Waals surface area contributed by atoms with Gasteiger partial charge in [-0.25, -0.2) is 9.97 Å². The summed E-state index contributed by atoms with van der Waals surface area (Å²) in [5.74, 6) is 1.47. The Kier molecular flexibility index (Phi) is 12.5. The smallest absolute Gasteiger partial charge is 0.269 e. The van der Waals surface area contributed by atoms with Gasteiger partial charge < -0.3 is 39.5 Å². The molecule has 55 heavy (non-hydrogen) atoms. The number of aromatic nitrogens is 4. The molecule has 2 fully saturated rings. The van der Waals surface area contributed by atoms with Crippen LogP contribution in [0.2, 0.25) is 0 Å². The van der Waals surface area contributed by atoms with E-state index in [2.05, 4.69) is 67.5 Å². The van der Waals surface area contributed by atoms with Crippen LogP contribution in [0.5, 0.6) is 11.5 Å². The molecule has 0 radical (unpaired) electrons. The van der Waals surface area contributed by atoms with Crippen LogP contribution >= 0.6 is 0 Å². The van der Waals surface area contributed by atoms with Crippen LogP contribution in [0.1, 0.15) is 31.2 Å². The molecule has 2 saturated heterocycles. The molecule has 0 atom stereocenters. The topological polar surface area (TPSA) is 133 Å². The van der Waals surface area contributed by atoms with Gasteiger partial charge in [0.2, 0.25) is 0 Å². The second-order valence-electron chi connectivity index (χ2n) is 14.6. The van der Waals surface area contributed by atoms with Gasteiger partial charge in [-0.3, -0.25) is 9.59 Å². The average Bonchev–Trinajstić information content (AvgIpc) is 3.23. The number of fused-ring (bicyclic) bond motifs is 3. The fourth-order valence-electron chi connectivity index (χ4n) is 7.63. The van der Waals surface area contributed by atoms with Crippen molar-refractivity contribution in [3.05, 3.63) is 118 Å². The average molecular weight is 745 g/mol. The Morgan fingerprint density at radius 1 is 0.655 bits per heavy atom. The molecule has 0 spiro atoms. The molecule has 2 aromatic heterocycles. The first-order chi connectivity index (χ1) is 26.9. The van der Waals surface area contributed by atoms with Gasteiger partial charge in [-0.2, -0.15) is 0 Å². The molecule has 4 aromatic carbocycles. The summed E-state index contributed by atoms with van der Waals surface area (Å²) >= 11 is 0. The molecule has 2 aliphatic rings. The van der Waals surface area contributed by atoms with Crippen LogP contribution in [0.25, 0.3) is 32.8 Å². The number of ether oxygens (including phenoxy) is 2. The number of piperidine rings is 2. The maximum Gasteiger partial charge on any atom is 0.269 e. The zero-order valence-electron chi connectivity index (χ0n) is 31.9. The zero-order valence-corrected chi connectivity index (χ0v) is 31.9. The maximum atomic E-state index is 12.5. The van der Waals surface area contributed by atoms with E-state index in [0.717, 1.165) is 105 Å². The van der Waals surface area contributed by atoms with Gasteiger partial charge >= 0.3 is 0 Å². The lowest BCUT2D eigenvalue weighted by Crippen LogP contribution is -2.43. The summed E-state index contributed by atoms with van der Waals surface area (Å²) in [5.41, 5.74) is 10.4. The quantitative estimate of drug-likeness (QED) is 0.194. The molecule has 8 rings (SSSR count). The van der Waals surface area contributed by atoms with Gasteiger partial charge in [0.25, 0.3) is 11.1 Å². The Morgan fingerprint density at radius 2 is 1.18 bits per heavy atom. The third-order valence-electron chi connectivity index (χ3n) is 11.0. The minimum atomic E-state index is -0.0746. The molecule has 4 heterocycles. The first-order valence-corrected chi connectivity index (χ1v) is 19.4. The van der Waals surface area contributed by atoms with E-state index in [1.807, 2.05) is 41.0 Å². The number of hydrogen-bond acceptors (Lipinski definition) is 10. The molecule has 12 heteroatoms. The summed E-state index contributed by atoms with van der Waals surface area (Å²) in [6, 6.07) is 27.3. The third-order valence-corrected chi connectivity index (χ3v) is 11.0. The fourth-order valence-corrected chi connectivity index (χ4v) is 7.63. The minimum Gasteiger partial charge on any atom is -0.497 e. The molecule has 0 bridgehead atoms. The van der Waals surface area contributed by atoms with E-state index in [9.17, 15) is 9.59 Å². The van der Waals surface area contributed by atoms with Gasteiger partial charge in [-0.15, -0.1) is 0 Å². The summed E-state index contributed by atoms with van der Waals surface area (Å²) in [4.78, 5) is 38.0. The number of rotatable bonds is 11. The van der Waals surface area contributed by atoms with Crippen LogP contribution in [0, 0.1) is 0 Å². The Bertz CT molecular complexity index is 2330. The van der Waals surface area contributed by atoms with Crippen molar-refractivity contribution in [2.24, 2.45) is 5.73 Å². The zero-order chi connectivity index (χ0) is 38.1. The lowest BCUT2D eigenvalue weighted by molar-refractivity contribution is 0.191. The Labute approximate surface area is 321 Å². The standard InChI is InChI=1S/C27H30N4O2.C16H22N4O2/c1-33-24-8-9-25-26(17-24)31(27(32)19-29-25)15-14-30-12-10-23(11-13-30)28-18-20-6-7-21-4-2-3-5-22(21)16-20;1-22-13-2-3-14-15(10-13)20(16(21)11-18-14)9-8-19-6-4-12(17)5-7-19/h2-9,16-17,19,23,28H,10-15,18H2,1H3;2-3,10-12H,4-9,17H2,1H3. The summed E-state index contributed by atoms with van der Waals surface area (Å²) in [5, 5.41) is 6.32. The van der Waals surface area contributed by atoms with Gasteiger partial charge in [-0.05, 0) is 98.5 Å². The van der Waals surface area contributed by atoms with E-state index in [0.29, 0.717) is 25.2 Å². The summed E-state index contributed by atoms with van der Waals surface area (Å²) in [6.45, 7) is 7.99. The van der Waals surface area contributed by atoms with Crippen molar-refractivity contribution in [3.8, 4) is 11.5 Å². The summed E-state index contributed by atoms with van der Waals surface area (Å²) < 4.78 is 14.2. The first kappa shape index (κ1) is 38.1. The normalized spacial score (nSPS) is 16.0. The van der Waals surface area contributed by atoms with Gasteiger partial charge in [0, 0.05) is 56.9 Å². The van der Waals surface area contributed by atoms with E-state index >= 15 is 0 Å². The largest absolute Gasteiger partial charge is 0.497 e. The third kappa shape index (κ3) is 9.57. The second-order valence-corrected chi connectivity index (χ2v) is 14.6. The number of hydrogen-bond donors (Lipinski definition) is 2. The number of benzene rings is 4.